The predicted molar refractivity (Wildman–Crippen MR) is 65.6 cm³/mol. The summed E-state index contributed by atoms with van der Waals surface area (Å²) in [6.07, 6.45) is 6.32. The molecule has 0 heterocycles. The van der Waals surface area contributed by atoms with Crippen LogP contribution >= 0.6 is 0 Å². The summed E-state index contributed by atoms with van der Waals surface area (Å²) in [5, 5.41) is 10.0. The SMILES string of the molecule is C=C/C=C1\C(=C/C)C(C)(C)C(C)CC1O. The van der Waals surface area contributed by atoms with Crippen molar-refractivity contribution < 1.29 is 5.11 Å². The number of hydrogen-bond donors (Lipinski definition) is 1. The first-order valence-electron chi connectivity index (χ1n) is 5.63. The molecule has 2 atom stereocenters. The molecule has 1 aliphatic carbocycles. The van der Waals surface area contributed by atoms with E-state index in [2.05, 4.69) is 33.4 Å². The Morgan fingerprint density at radius 1 is 1.47 bits per heavy atom. The predicted octanol–water partition coefficient (Wildman–Crippen LogP) is 3.47. The third kappa shape index (κ3) is 2.07. The van der Waals surface area contributed by atoms with Crippen LogP contribution in [0.3, 0.4) is 0 Å². The van der Waals surface area contributed by atoms with Crippen molar-refractivity contribution in [2.24, 2.45) is 11.3 Å². The van der Waals surface area contributed by atoms with E-state index in [0.717, 1.165) is 12.0 Å². The molecule has 0 aliphatic heterocycles. The molecule has 1 saturated carbocycles. The third-order valence-corrected chi connectivity index (χ3v) is 3.76. The summed E-state index contributed by atoms with van der Waals surface area (Å²) in [6.45, 7) is 12.4. The molecule has 84 valence electrons. The lowest BCUT2D eigenvalue weighted by atomic mass is 9.63. The maximum Gasteiger partial charge on any atom is 0.0795 e. The van der Waals surface area contributed by atoms with Crippen LogP contribution in [-0.2, 0) is 0 Å². The van der Waals surface area contributed by atoms with Gasteiger partial charge in [-0.3, -0.25) is 0 Å². The Bertz CT molecular complexity index is 307. The summed E-state index contributed by atoms with van der Waals surface area (Å²) in [5.41, 5.74) is 2.44. The molecule has 0 amide bonds. The molecule has 0 bridgehead atoms. The minimum Gasteiger partial charge on any atom is -0.388 e. The van der Waals surface area contributed by atoms with Crippen molar-refractivity contribution in [1.82, 2.24) is 0 Å². The topological polar surface area (TPSA) is 20.2 Å². The number of aliphatic hydroxyl groups excluding tert-OH is 1. The molecule has 0 spiro atoms. The van der Waals surface area contributed by atoms with Crippen molar-refractivity contribution in [3.63, 3.8) is 0 Å². The van der Waals surface area contributed by atoms with E-state index in [4.69, 9.17) is 0 Å². The zero-order chi connectivity index (χ0) is 11.6. The van der Waals surface area contributed by atoms with E-state index in [9.17, 15) is 5.11 Å². The van der Waals surface area contributed by atoms with E-state index in [-0.39, 0.29) is 11.5 Å². The minimum absolute atomic E-state index is 0.142. The minimum atomic E-state index is -0.336. The largest absolute Gasteiger partial charge is 0.388 e. The van der Waals surface area contributed by atoms with E-state index in [0.29, 0.717) is 5.92 Å². The average molecular weight is 206 g/mol. The van der Waals surface area contributed by atoms with Gasteiger partial charge in [-0.05, 0) is 35.8 Å². The lowest BCUT2D eigenvalue weighted by Gasteiger charge is -2.43. The van der Waals surface area contributed by atoms with Crippen molar-refractivity contribution in [2.45, 2.75) is 40.2 Å². The van der Waals surface area contributed by atoms with Gasteiger partial charge >= 0.3 is 0 Å². The van der Waals surface area contributed by atoms with Gasteiger partial charge in [0, 0.05) is 0 Å². The van der Waals surface area contributed by atoms with Crippen LogP contribution < -0.4 is 0 Å². The molecule has 1 nitrogen and oxygen atoms in total. The lowest BCUT2D eigenvalue weighted by molar-refractivity contribution is 0.116. The van der Waals surface area contributed by atoms with E-state index >= 15 is 0 Å². The van der Waals surface area contributed by atoms with Gasteiger partial charge in [0.25, 0.3) is 0 Å². The maximum absolute atomic E-state index is 10.0. The highest BCUT2D eigenvalue weighted by molar-refractivity contribution is 5.42. The monoisotopic (exact) mass is 206 g/mol. The van der Waals surface area contributed by atoms with E-state index in [1.54, 1.807) is 6.08 Å². The molecule has 0 aromatic rings. The summed E-state index contributed by atoms with van der Waals surface area (Å²) < 4.78 is 0. The maximum atomic E-state index is 10.0. The highest BCUT2D eigenvalue weighted by atomic mass is 16.3. The Morgan fingerprint density at radius 3 is 2.53 bits per heavy atom. The first-order chi connectivity index (χ1) is 6.95. The quantitative estimate of drug-likeness (QED) is 0.696. The van der Waals surface area contributed by atoms with Gasteiger partial charge in [0.2, 0.25) is 0 Å². The van der Waals surface area contributed by atoms with Gasteiger partial charge < -0.3 is 5.11 Å². The van der Waals surface area contributed by atoms with Crippen LogP contribution in [0.2, 0.25) is 0 Å². The van der Waals surface area contributed by atoms with Crippen molar-refractivity contribution in [3.05, 3.63) is 36.0 Å². The molecule has 1 fully saturated rings. The fourth-order valence-corrected chi connectivity index (χ4v) is 2.44. The van der Waals surface area contributed by atoms with Gasteiger partial charge in [0.15, 0.2) is 0 Å². The number of rotatable bonds is 1. The first-order valence-corrected chi connectivity index (χ1v) is 5.63. The van der Waals surface area contributed by atoms with Gasteiger partial charge in [-0.15, -0.1) is 0 Å². The molecule has 0 radical (unpaired) electrons. The second-order valence-electron chi connectivity index (χ2n) is 4.93. The fourth-order valence-electron chi connectivity index (χ4n) is 2.44. The Hall–Kier alpha value is -0.820. The van der Waals surface area contributed by atoms with Crippen LogP contribution in [0.5, 0.6) is 0 Å². The number of allylic oxidation sites excluding steroid dienone is 3. The number of aliphatic hydroxyl groups is 1. The van der Waals surface area contributed by atoms with Crippen LogP contribution in [0.15, 0.2) is 36.0 Å². The summed E-state index contributed by atoms with van der Waals surface area (Å²) in [6, 6.07) is 0. The highest BCUT2D eigenvalue weighted by Gasteiger charge is 2.39. The molecule has 0 aromatic carbocycles. The van der Waals surface area contributed by atoms with Gasteiger partial charge in [0.05, 0.1) is 6.10 Å². The molecule has 2 unspecified atom stereocenters. The molecular weight excluding hydrogens is 184 g/mol. The van der Waals surface area contributed by atoms with Gasteiger partial charge in [0.1, 0.15) is 0 Å². The van der Waals surface area contributed by atoms with Crippen molar-refractivity contribution in [2.75, 3.05) is 0 Å². The number of hydrogen-bond acceptors (Lipinski definition) is 1. The summed E-state index contributed by atoms with van der Waals surface area (Å²) in [5.74, 6) is 0.501. The molecule has 15 heavy (non-hydrogen) atoms. The van der Waals surface area contributed by atoms with Crippen LogP contribution in [0.4, 0.5) is 0 Å². The molecular formula is C14H22O. The fraction of sp³-hybridized carbons (Fsp3) is 0.571. The smallest absolute Gasteiger partial charge is 0.0795 e. The van der Waals surface area contributed by atoms with Crippen molar-refractivity contribution in [1.29, 1.82) is 0 Å². The van der Waals surface area contributed by atoms with Gasteiger partial charge in [-0.25, -0.2) is 0 Å². The van der Waals surface area contributed by atoms with Crippen LogP contribution in [0.1, 0.15) is 34.1 Å². The van der Waals surface area contributed by atoms with Crippen LogP contribution in [0, 0.1) is 11.3 Å². The summed E-state index contributed by atoms with van der Waals surface area (Å²) >= 11 is 0. The zero-order valence-electron chi connectivity index (χ0n) is 10.2. The summed E-state index contributed by atoms with van der Waals surface area (Å²) in [7, 11) is 0. The molecule has 1 aliphatic rings. The standard InChI is InChI=1S/C14H22O/c1-6-8-11-12(7-2)14(4,5)10(3)9-13(11)15/h6-8,10,13,15H,1,9H2,2-5H3/b11-8+,12-7+. The molecule has 0 saturated heterocycles. The van der Waals surface area contributed by atoms with Crippen molar-refractivity contribution in [3.8, 4) is 0 Å². The Kier molecular flexibility index (Phi) is 3.56. The summed E-state index contributed by atoms with van der Waals surface area (Å²) in [4.78, 5) is 0. The van der Waals surface area contributed by atoms with Crippen LogP contribution in [0.25, 0.3) is 0 Å². The second-order valence-corrected chi connectivity index (χ2v) is 4.93. The Balaban J connectivity index is 3.20. The molecule has 0 aromatic heterocycles. The van der Waals surface area contributed by atoms with E-state index < -0.39 is 0 Å². The average Bonchev–Trinajstić information content (AvgIpc) is 2.15. The third-order valence-electron chi connectivity index (χ3n) is 3.76. The van der Waals surface area contributed by atoms with Crippen molar-refractivity contribution >= 4 is 0 Å². The Morgan fingerprint density at radius 2 is 2.07 bits per heavy atom. The lowest BCUT2D eigenvalue weighted by Crippen LogP contribution is -2.36. The van der Waals surface area contributed by atoms with Gasteiger partial charge in [-0.1, -0.05) is 45.6 Å². The Labute approximate surface area is 93.2 Å². The van der Waals surface area contributed by atoms with E-state index in [1.807, 2.05) is 13.0 Å². The molecule has 1 rings (SSSR count). The second kappa shape index (κ2) is 4.36. The highest BCUT2D eigenvalue weighted by Crippen LogP contribution is 2.47. The first kappa shape index (κ1) is 12.3. The normalized spacial score (nSPS) is 35.8. The van der Waals surface area contributed by atoms with Crippen LogP contribution in [-0.4, -0.2) is 11.2 Å². The van der Waals surface area contributed by atoms with Gasteiger partial charge in [-0.2, -0.15) is 0 Å². The zero-order valence-corrected chi connectivity index (χ0v) is 10.2. The van der Waals surface area contributed by atoms with E-state index in [1.165, 1.54) is 5.57 Å². The molecule has 1 heteroatoms. The molecule has 1 N–H and O–H groups in total.